The molecule has 0 aromatic carbocycles. The third kappa shape index (κ3) is 0.853. The first-order valence-corrected chi connectivity index (χ1v) is 3.65. The van der Waals surface area contributed by atoms with Crippen LogP contribution in [-0.4, -0.2) is 14.6 Å². The molecule has 0 fully saturated rings. The molecule has 62 valence electrons. The molecular weight excluding hydrogens is 154 g/mol. The highest BCUT2D eigenvalue weighted by atomic mass is 16.5. The van der Waals surface area contributed by atoms with Crippen molar-refractivity contribution in [1.82, 2.24) is 9.38 Å². The molecule has 2 aromatic rings. The average molecular weight is 163 g/mol. The van der Waals surface area contributed by atoms with E-state index >= 15 is 0 Å². The van der Waals surface area contributed by atoms with E-state index < -0.39 is 0 Å². The van der Waals surface area contributed by atoms with Crippen LogP contribution in [0, 0.1) is 6.92 Å². The lowest BCUT2D eigenvalue weighted by Crippen LogP contribution is -1.96. The summed E-state index contributed by atoms with van der Waals surface area (Å²) in [4.78, 5) is 4.09. The fraction of sp³-hybridized carbons (Fsp3) is 0.125. The van der Waals surface area contributed by atoms with Crippen molar-refractivity contribution < 1.29 is 5.21 Å². The van der Waals surface area contributed by atoms with Gasteiger partial charge in [-0.25, -0.2) is 4.98 Å². The molecule has 4 heteroatoms. The van der Waals surface area contributed by atoms with Gasteiger partial charge in [-0.15, -0.1) is 0 Å². The van der Waals surface area contributed by atoms with E-state index in [9.17, 15) is 0 Å². The van der Waals surface area contributed by atoms with Crippen LogP contribution in [-0.2, 0) is 0 Å². The SMILES string of the molecule is Cc1ccn2ccnc2c1NO. The van der Waals surface area contributed by atoms with Crippen LogP contribution in [0.2, 0.25) is 0 Å². The molecule has 0 saturated carbocycles. The van der Waals surface area contributed by atoms with Crippen LogP contribution >= 0.6 is 0 Å². The van der Waals surface area contributed by atoms with Crippen LogP contribution in [0.5, 0.6) is 0 Å². The molecule has 0 atom stereocenters. The van der Waals surface area contributed by atoms with Gasteiger partial charge in [-0.3, -0.25) is 10.7 Å². The minimum atomic E-state index is 0.655. The highest BCUT2D eigenvalue weighted by Gasteiger charge is 2.03. The fourth-order valence-corrected chi connectivity index (χ4v) is 1.22. The quantitative estimate of drug-likeness (QED) is 0.625. The van der Waals surface area contributed by atoms with Crippen LogP contribution in [0.25, 0.3) is 5.65 Å². The standard InChI is InChI=1S/C8H9N3O/c1-6-2-4-11-5-3-9-8(11)7(6)10-12/h2-5,10,12H,1H3. The predicted octanol–water partition coefficient (Wildman–Crippen LogP) is 1.44. The highest BCUT2D eigenvalue weighted by molar-refractivity contribution is 5.70. The number of rotatable bonds is 1. The van der Waals surface area contributed by atoms with Gasteiger partial charge >= 0.3 is 0 Å². The van der Waals surface area contributed by atoms with Gasteiger partial charge < -0.3 is 4.40 Å². The van der Waals surface area contributed by atoms with E-state index in [0.29, 0.717) is 5.69 Å². The van der Waals surface area contributed by atoms with Gasteiger partial charge in [0.05, 0.1) is 0 Å². The van der Waals surface area contributed by atoms with Gasteiger partial charge in [0, 0.05) is 18.6 Å². The molecule has 0 amide bonds. The first kappa shape index (κ1) is 7.12. The van der Waals surface area contributed by atoms with Crippen molar-refractivity contribution in [2.75, 3.05) is 5.48 Å². The number of aryl methyl sites for hydroxylation is 1. The van der Waals surface area contributed by atoms with E-state index in [0.717, 1.165) is 11.2 Å². The summed E-state index contributed by atoms with van der Waals surface area (Å²) in [6.45, 7) is 1.91. The Hall–Kier alpha value is -1.55. The maximum Gasteiger partial charge on any atom is 0.162 e. The summed E-state index contributed by atoms with van der Waals surface area (Å²) in [6, 6.07) is 1.91. The van der Waals surface area contributed by atoms with Crippen molar-refractivity contribution >= 4 is 11.3 Å². The molecule has 0 radical (unpaired) electrons. The summed E-state index contributed by atoms with van der Waals surface area (Å²) in [5.74, 6) is 0. The van der Waals surface area contributed by atoms with Crippen molar-refractivity contribution in [1.29, 1.82) is 0 Å². The first-order valence-electron chi connectivity index (χ1n) is 3.65. The Labute approximate surface area is 69.4 Å². The third-order valence-corrected chi connectivity index (χ3v) is 1.88. The van der Waals surface area contributed by atoms with Gasteiger partial charge in [-0.05, 0) is 18.6 Å². The Morgan fingerprint density at radius 3 is 3.08 bits per heavy atom. The largest absolute Gasteiger partial charge is 0.305 e. The van der Waals surface area contributed by atoms with E-state index in [1.165, 1.54) is 0 Å². The number of hydrogen-bond donors (Lipinski definition) is 2. The number of nitrogens with one attached hydrogen (secondary N) is 1. The fourth-order valence-electron chi connectivity index (χ4n) is 1.22. The van der Waals surface area contributed by atoms with Crippen LogP contribution in [0.15, 0.2) is 24.7 Å². The van der Waals surface area contributed by atoms with E-state index in [4.69, 9.17) is 5.21 Å². The maximum atomic E-state index is 8.83. The second kappa shape index (κ2) is 2.49. The molecule has 0 aliphatic rings. The number of pyridine rings is 1. The molecule has 0 aliphatic carbocycles. The summed E-state index contributed by atoms with van der Waals surface area (Å²) in [5, 5.41) is 8.83. The number of anilines is 1. The molecule has 12 heavy (non-hydrogen) atoms. The summed E-state index contributed by atoms with van der Waals surface area (Å²) < 4.78 is 1.84. The molecule has 2 N–H and O–H groups in total. The van der Waals surface area contributed by atoms with Crippen molar-refractivity contribution in [3.8, 4) is 0 Å². The number of nitrogens with zero attached hydrogens (tertiary/aromatic N) is 2. The van der Waals surface area contributed by atoms with Gasteiger partial charge in [0.15, 0.2) is 5.65 Å². The molecule has 0 aliphatic heterocycles. The van der Waals surface area contributed by atoms with E-state index in [1.807, 2.05) is 29.8 Å². The van der Waals surface area contributed by atoms with E-state index in [2.05, 4.69) is 10.5 Å². The zero-order valence-corrected chi connectivity index (χ0v) is 6.65. The first-order chi connectivity index (χ1) is 5.83. The summed E-state index contributed by atoms with van der Waals surface area (Å²) in [7, 11) is 0. The maximum absolute atomic E-state index is 8.83. The Kier molecular flexibility index (Phi) is 1.48. The second-order valence-electron chi connectivity index (χ2n) is 2.64. The average Bonchev–Trinajstić information content (AvgIpc) is 2.52. The Morgan fingerprint density at radius 2 is 2.33 bits per heavy atom. The topological polar surface area (TPSA) is 49.6 Å². The van der Waals surface area contributed by atoms with Crippen LogP contribution in [0.4, 0.5) is 5.69 Å². The molecule has 0 unspecified atom stereocenters. The third-order valence-electron chi connectivity index (χ3n) is 1.88. The Morgan fingerprint density at radius 1 is 1.50 bits per heavy atom. The lowest BCUT2D eigenvalue weighted by molar-refractivity contribution is 0.389. The zero-order chi connectivity index (χ0) is 8.55. The number of imidazole rings is 1. The molecule has 0 spiro atoms. The lowest BCUT2D eigenvalue weighted by Gasteiger charge is -2.04. The lowest BCUT2D eigenvalue weighted by atomic mass is 10.2. The molecule has 0 saturated heterocycles. The Bertz CT molecular complexity index is 408. The predicted molar refractivity (Wildman–Crippen MR) is 45.3 cm³/mol. The molecule has 2 rings (SSSR count). The van der Waals surface area contributed by atoms with Gasteiger partial charge in [0.1, 0.15) is 5.69 Å². The minimum absolute atomic E-state index is 0.655. The van der Waals surface area contributed by atoms with Crippen LogP contribution < -0.4 is 5.48 Å². The number of aromatic nitrogens is 2. The van der Waals surface area contributed by atoms with Gasteiger partial charge in [0.2, 0.25) is 0 Å². The van der Waals surface area contributed by atoms with E-state index in [-0.39, 0.29) is 0 Å². The molecule has 2 heterocycles. The molecule has 0 bridgehead atoms. The normalized spacial score (nSPS) is 10.5. The summed E-state index contributed by atoms with van der Waals surface area (Å²) >= 11 is 0. The van der Waals surface area contributed by atoms with Crippen molar-refractivity contribution in [3.05, 3.63) is 30.2 Å². The smallest absolute Gasteiger partial charge is 0.162 e. The number of hydrogen-bond acceptors (Lipinski definition) is 3. The van der Waals surface area contributed by atoms with Crippen molar-refractivity contribution in [2.24, 2.45) is 0 Å². The van der Waals surface area contributed by atoms with Crippen LogP contribution in [0.3, 0.4) is 0 Å². The van der Waals surface area contributed by atoms with Gasteiger partial charge in [-0.1, -0.05) is 0 Å². The number of fused-ring (bicyclic) bond motifs is 1. The van der Waals surface area contributed by atoms with Crippen molar-refractivity contribution in [3.63, 3.8) is 0 Å². The van der Waals surface area contributed by atoms with Crippen LogP contribution in [0.1, 0.15) is 5.56 Å². The highest BCUT2D eigenvalue weighted by Crippen LogP contribution is 2.18. The van der Waals surface area contributed by atoms with E-state index in [1.54, 1.807) is 6.20 Å². The second-order valence-corrected chi connectivity index (χ2v) is 2.64. The molecular formula is C8H9N3O. The summed E-state index contributed by atoms with van der Waals surface area (Å²) in [5.41, 5.74) is 4.50. The van der Waals surface area contributed by atoms with Gasteiger partial charge in [-0.2, -0.15) is 0 Å². The zero-order valence-electron chi connectivity index (χ0n) is 6.65. The Balaban J connectivity index is 2.83. The molecule has 2 aromatic heterocycles. The monoisotopic (exact) mass is 163 g/mol. The van der Waals surface area contributed by atoms with Crippen molar-refractivity contribution in [2.45, 2.75) is 6.92 Å². The molecule has 4 nitrogen and oxygen atoms in total. The minimum Gasteiger partial charge on any atom is -0.305 e. The van der Waals surface area contributed by atoms with Gasteiger partial charge in [0.25, 0.3) is 0 Å². The summed E-state index contributed by atoms with van der Waals surface area (Å²) in [6.07, 6.45) is 5.42.